The number of piperidine rings is 2. The molecule has 2 N–H and O–H groups in total. The number of nitrogens with one attached hydrogen (secondary N) is 1. The van der Waals surface area contributed by atoms with Crippen molar-refractivity contribution in [1.29, 1.82) is 0 Å². The number of hydrogen-bond donors (Lipinski definition) is 2. The second-order valence-electron chi connectivity index (χ2n) is 8.26. The van der Waals surface area contributed by atoms with Crippen molar-refractivity contribution in [2.45, 2.75) is 44.2 Å². The van der Waals surface area contributed by atoms with E-state index in [2.05, 4.69) is 15.1 Å². The maximum Gasteiger partial charge on any atom is 0.264 e. The van der Waals surface area contributed by atoms with Crippen LogP contribution >= 0.6 is 0 Å². The average molecular weight is 376 g/mol. The van der Waals surface area contributed by atoms with Crippen LogP contribution in [-0.4, -0.2) is 82.5 Å². The van der Waals surface area contributed by atoms with Gasteiger partial charge in [0, 0.05) is 51.5 Å². The van der Waals surface area contributed by atoms with Crippen molar-refractivity contribution in [3.8, 4) is 0 Å². The predicted octanol–water partition coefficient (Wildman–Crippen LogP) is 0.238. The van der Waals surface area contributed by atoms with Gasteiger partial charge in [0.1, 0.15) is 0 Å². The van der Waals surface area contributed by atoms with Gasteiger partial charge in [0.2, 0.25) is 0 Å². The smallest absolute Gasteiger partial charge is 0.264 e. The van der Waals surface area contributed by atoms with Gasteiger partial charge in [-0.15, -0.1) is 0 Å². The molecule has 1 aromatic heterocycles. The van der Waals surface area contributed by atoms with Crippen LogP contribution < -0.4 is 5.56 Å². The molecule has 1 aromatic rings. The third-order valence-electron chi connectivity index (χ3n) is 6.38. The van der Waals surface area contributed by atoms with Crippen molar-refractivity contribution < 1.29 is 14.6 Å². The fraction of sp³-hybridized carbons (Fsp3) is 0.737. The second-order valence-corrected chi connectivity index (χ2v) is 8.26. The summed E-state index contributed by atoms with van der Waals surface area (Å²) in [5, 5.41) is 16.5. The average Bonchev–Trinajstić information content (AvgIpc) is 2.68. The third-order valence-corrected chi connectivity index (χ3v) is 6.38. The van der Waals surface area contributed by atoms with Gasteiger partial charge in [0.25, 0.3) is 11.5 Å². The van der Waals surface area contributed by atoms with Crippen molar-refractivity contribution in [2.75, 3.05) is 39.4 Å². The number of hydrogen-bond acceptors (Lipinski definition) is 6. The van der Waals surface area contributed by atoms with Gasteiger partial charge in [-0.25, -0.2) is 5.10 Å². The highest BCUT2D eigenvalue weighted by atomic mass is 16.5. The van der Waals surface area contributed by atoms with E-state index < -0.39 is 0 Å². The summed E-state index contributed by atoms with van der Waals surface area (Å²) in [5.74, 6) is -0.138. The van der Waals surface area contributed by atoms with E-state index >= 15 is 0 Å². The van der Waals surface area contributed by atoms with E-state index in [0.29, 0.717) is 24.7 Å². The standard InChI is InChI=1S/C19H28N4O4/c24-16-10-19(13-23(12-16)15-1-7-27-8-2-15)3-5-22(6-4-19)18(26)14-9-17(25)21-20-11-14/h9,11,15-16,24H,1-8,10,12-13H2,(H,21,25). The van der Waals surface area contributed by atoms with Crippen LogP contribution in [-0.2, 0) is 4.74 Å². The summed E-state index contributed by atoms with van der Waals surface area (Å²) in [7, 11) is 0. The van der Waals surface area contributed by atoms with Gasteiger partial charge in [-0.3, -0.25) is 14.5 Å². The Morgan fingerprint density at radius 2 is 2.04 bits per heavy atom. The first-order valence-corrected chi connectivity index (χ1v) is 9.89. The second kappa shape index (κ2) is 7.69. The van der Waals surface area contributed by atoms with Crippen LogP contribution in [0.4, 0.5) is 0 Å². The number of amides is 1. The molecule has 3 saturated heterocycles. The molecule has 3 aliphatic rings. The van der Waals surface area contributed by atoms with Crippen LogP contribution in [0.1, 0.15) is 42.5 Å². The molecule has 8 heteroatoms. The van der Waals surface area contributed by atoms with Crippen LogP contribution in [0.15, 0.2) is 17.1 Å². The number of aromatic nitrogens is 2. The van der Waals surface area contributed by atoms with E-state index in [4.69, 9.17) is 4.74 Å². The Hall–Kier alpha value is -1.77. The molecule has 27 heavy (non-hydrogen) atoms. The lowest BCUT2D eigenvalue weighted by Crippen LogP contribution is -2.57. The molecule has 0 radical (unpaired) electrons. The Labute approximate surface area is 158 Å². The van der Waals surface area contributed by atoms with Crippen LogP contribution in [0.5, 0.6) is 0 Å². The van der Waals surface area contributed by atoms with E-state index in [1.54, 1.807) is 0 Å². The van der Waals surface area contributed by atoms with E-state index in [9.17, 15) is 14.7 Å². The number of β-amino-alcohol motifs (C(OH)–C–C–N with tert-alkyl or cyclic N) is 1. The molecular weight excluding hydrogens is 348 g/mol. The predicted molar refractivity (Wildman–Crippen MR) is 98.5 cm³/mol. The minimum absolute atomic E-state index is 0.0686. The molecule has 0 aromatic carbocycles. The van der Waals surface area contributed by atoms with Gasteiger partial charge in [0.05, 0.1) is 17.9 Å². The third kappa shape index (κ3) is 4.07. The topological polar surface area (TPSA) is 98.8 Å². The summed E-state index contributed by atoms with van der Waals surface area (Å²) in [6.07, 6.45) is 5.73. The molecule has 1 atom stereocenters. The molecule has 3 fully saturated rings. The summed E-state index contributed by atoms with van der Waals surface area (Å²) in [4.78, 5) is 28.3. The van der Waals surface area contributed by atoms with Crippen LogP contribution in [0.25, 0.3) is 0 Å². The normalized spacial score (nSPS) is 27.0. The quantitative estimate of drug-likeness (QED) is 0.767. The van der Waals surface area contributed by atoms with Gasteiger partial charge in [-0.1, -0.05) is 0 Å². The summed E-state index contributed by atoms with van der Waals surface area (Å²) in [6, 6.07) is 1.80. The molecule has 4 rings (SSSR count). The summed E-state index contributed by atoms with van der Waals surface area (Å²) in [6.45, 7) is 4.64. The molecule has 1 unspecified atom stereocenters. The molecule has 0 bridgehead atoms. The highest BCUT2D eigenvalue weighted by molar-refractivity contribution is 5.93. The van der Waals surface area contributed by atoms with Crippen molar-refractivity contribution in [3.05, 3.63) is 28.2 Å². The number of aromatic amines is 1. The van der Waals surface area contributed by atoms with Gasteiger partial charge < -0.3 is 14.7 Å². The molecule has 1 amide bonds. The van der Waals surface area contributed by atoms with Crippen molar-refractivity contribution in [2.24, 2.45) is 5.41 Å². The Morgan fingerprint density at radius 1 is 1.30 bits per heavy atom. The maximum absolute atomic E-state index is 12.7. The zero-order valence-corrected chi connectivity index (χ0v) is 15.6. The zero-order chi connectivity index (χ0) is 18.9. The van der Waals surface area contributed by atoms with E-state index in [1.165, 1.54) is 12.3 Å². The highest BCUT2D eigenvalue weighted by Crippen LogP contribution is 2.41. The van der Waals surface area contributed by atoms with Crippen LogP contribution in [0, 0.1) is 5.41 Å². The van der Waals surface area contributed by atoms with Crippen LogP contribution in [0.2, 0.25) is 0 Å². The molecule has 0 saturated carbocycles. The lowest BCUT2D eigenvalue weighted by Gasteiger charge is -2.51. The minimum atomic E-state index is -0.364. The Morgan fingerprint density at radius 3 is 2.74 bits per heavy atom. The molecule has 0 aliphatic carbocycles. The maximum atomic E-state index is 12.7. The monoisotopic (exact) mass is 376 g/mol. The fourth-order valence-corrected chi connectivity index (χ4v) is 4.95. The summed E-state index contributed by atoms with van der Waals surface area (Å²) < 4.78 is 5.48. The number of aliphatic hydroxyl groups is 1. The number of rotatable bonds is 2. The lowest BCUT2D eigenvalue weighted by molar-refractivity contribution is -0.0695. The number of carbonyl (C=O) groups is 1. The molecule has 8 nitrogen and oxygen atoms in total. The summed E-state index contributed by atoms with van der Waals surface area (Å²) >= 11 is 0. The van der Waals surface area contributed by atoms with E-state index in [-0.39, 0.29) is 23.0 Å². The number of carbonyl (C=O) groups excluding carboxylic acids is 1. The summed E-state index contributed by atoms with van der Waals surface area (Å²) in [5.41, 5.74) is 0.0400. The van der Waals surface area contributed by atoms with Gasteiger partial charge >= 0.3 is 0 Å². The molecule has 4 heterocycles. The van der Waals surface area contributed by atoms with E-state index in [0.717, 1.165) is 58.4 Å². The minimum Gasteiger partial charge on any atom is -0.392 e. The molecular formula is C19H28N4O4. The first-order valence-electron chi connectivity index (χ1n) is 9.89. The highest BCUT2D eigenvalue weighted by Gasteiger charge is 2.43. The number of ether oxygens (including phenoxy) is 1. The molecule has 148 valence electrons. The first-order chi connectivity index (χ1) is 13.0. The lowest BCUT2D eigenvalue weighted by atomic mass is 9.71. The van der Waals surface area contributed by atoms with Crippen LogP contribution in [0.3, 0.4) is 0 Å². The van der Waals surface area contributed by atoms with Crippen molar-refractivity contribution in [1.82, 2.24) is 20.0 Å². The Kier molecular flexibility index (Phi) is 5.29. The fourth-order valence-electron chi connectivity index (χ4n) is 4.95. The largest absolute Gasteiger partial charge is 0.392 e. The number of aliphatic hydroxyl groups excluding tert-OH is 1. The SMILES string of the molecule is O=C(c1cn[nH]c(=O)c1)N1CCC2(CC1)CC(O)CN(C1CCOCC1)C2. The Balaban J connectivity index is 1.40. The molecule has 1 spiro atoms. The van der Waals surface area contributed by atoms with E-state index in [1.807, 2.05) is 4.90 Å². The number of likely N-dealkylation sites (tertiary alicyclic amines) is 2. The molecule has 3 aliphatic heterocycles. The van der Waals surface area contributed by atoms with Gasteiger partial charge in [-0.05, 0) is 37.5 Å². The zero-order valence-electron chi connectivity index (χ0n) is 15.6. The van der Waals surface area contributed by atoms with Crippen molar-refractivity contribution in [3.63, 3.8) is 0 Å². The number of nitrogens with zero attached hydrogens (tertiary/aromatic N) is 3. The van der Waals surface area contributed by atoms with Crippen molar-refractivity contribution >= 4 is 5.91 Å². The van der Waals surface area contributed by atoms with Gasteiger partial charge in [0.15, 0.2) is 0 Å². The Bertz CT molecular complexity index is 722. The number of H-pyrrole nitrogens is 1. The van der Waals surface area contributed by atoms with Gasteiger partial charge in [-0.2, -0.15) is 5.10 Å². The first kappa shape index (κ1) is 18.6.